The Labute approximate surface area is 175 Å². The predicted molar refractivity (Wildman–Crippen MR) is 114 cm³/mol. The number of nitrogens with zero attached hydrogens (tertiary/aromatic N) is 3. The van der Waals surface area contributed by atoms with Crippen LogP contribution in [0.5, 0.6) is 0 Å². The van der Waals surface area contributed by atoms with Gasteiger partial charge in [-0.15, -0.1) is 0 Å². The molecule has 2 fully saturated rings. The maximum Gasteiger partial charge on any atom is 0.332 e. The van der Waals surface area contributed by atoms with Gasteiger partial charge in [0.1, 0.15) is 0 Å². The monoisotopic (exact) mass is 415 g/mol. The van der Waals surface area contributed by atoms with Gasteiger partial charge < -0.3 is 15.5 Å². The van der Waals surface area contributed by atoms with E-state index in [0.29, 0.717) is 5.11 Å². The van der Waals surface area contributed by atoms with Gasteiger partial charge in [0.25, 0.3) is 0 Å². The molecule has 1 aromatic carbocycles. The van der Waals surface area contributed by atoms with Crippen LogP contribution in [0.25, 0.3) is 0 Å². The molecule has 0 bridgehead atoms. The van der Waals surface area contributed by atoms with Crippen LogP contribution in [-0.2, 0) is 16.0 Å². The van der Waals surface area contributed by atoms with E-state index in [1.54, 1.807) is 7.05 Å². The molecule has 4 rings (SSSR count). The summed E-state index contributed by atoms with van der Waals surface area (Å²) in [5, 5.41) is 6.47. The zero-order valence-corrected chi connectivity index (χ0v) is 17.6. The molecule has 8 nitrogen and oxygen atoms in total. The van der Waals surface area contributed by atoms with E-state index in [2.05, 4.69) is 15.5 Å². The smallest absolute Gasteiger partial charge is 0.332 e. The molecule has 0 aromatic heterocycles. The van der Waals surface area contributed by atoms with Gasteiger partial charge in [0.2, 0.25) is 11.8 Å². The minimum atomic E-state index is -1.28. The summed E-state index contributed by atoms with van der Waals surface area (Å²) in [6.45, 7) is 0.781. The number of fused-ring (bicyclic) bond motifs is 4. The highest BCUT2D eigenvalue weighted by molar-refractivity contribution is 7.80. The Morgan fingerprint density at radius 2 is 1.83 bits per heavy atom. The summed E-state index contributed by atoms with van der Waals surface area (Å²) in [6, 6.07) is 5.10. The number of nitrogens with one attached hydrogen (secondary N) is 2. The average Bonchev–Trinajstić information content (AvgIpc) is 2.74. The Morgan fingerprint density at radius 3 is 2.48 bits per heavy atom. The van der Waals surface area contributed by atoms with Crippen LogP contribution in [0.1, 0.15) is 24.8 Å². The van der Waals surface area contributed by atoms with Gasteiger partial charge in [0.05, 0.1) is 6.04 Å². The van der Waals surface area contributed by atoms with Gasteiger partial charge in [0.15, 0.2) is 10.5 Å². The molecular formula is C20H25N5O3S. The Balaban J connectivity index is 1.84. The minimum absolute atomic E-state index is 0.251. The van der Waals surface area contributed by atoms with Crippen LogP contribution in [0, 0.1) is 5.41 Å². The van der Waals surface area contributed by atoms with E-state index in [1.807, 2.05) is 18.2 Å². The number of benzene rings is 1. The first-order chi connectivity index (χ1) is 13.8. The number of amides is 4. The van der Waals surface area contributed by atoms with Crippen molar-refractivity contribution in [3.05, 3.63) is 23.8 Å². The van der Waals surface area contributed by atoms with Gasteiger partial charge in [-0.05, 0) is 61.7 Å². The van der Waals surface area contributed by atoms with Crippen LogP contribution >= 0.6 is 12.2 Å². The lowest BCUT2D eigenvalue weighted by atomic mass is 9.66. The lowest BCUT2D eigenvalue weighted by Crippen LogP contribution is -2.72. The predicted octanol–water partition coefficient (Wildman–Crippen LogP) is 1.55. The van der Waals surface area contributed by atoms with Gasteiger partial charge in [-0.25, -0.2) is 4.79 Å². The quantitative estimate of drug-likeness (QED) is 0.532. The third kappa shape index (κ3) is 2.78. The van der Waals surface area contributed by atoms with Crippen molar-refractivity contribution in [3.63, 3.8) is 0 Å². The van der Waals surface area contributed by atoms with Crippen molar-refractivity contribution >= 4 is 46.6 Å². The highest BCUT2D eigenvalue weighted by Gasteiger charge is 2.63. The standard InChI is InChI=1S/C20H25N5O3S/c1-21-18(29)22-13-7-8-14-12(10-13)11-20(15-6-4-5-9-25(14)15)16(26)23(2)19(28)24(3)17(20)27/h7-8,10,15H,4-6,9,11H2,1-3H3,(H2,21,22,29)/t15-/m1/s1. The fourth-order valence-corrected chi connectivity index (χ4v) is 5.07. The number of piperidine rings is 1. The lowest BCUT2D eigenvalue weighted by Gasteiger charge is -2.54. The van der Waals surface area contributed by atoms with Crippen molar-refractivity contribution in [2.24, 2.45) is 5.41 Å². The largest absolute Gasteiger partial charge is 0.367 e. The molecule has 0 aliphatic carbocycles. The first-order valence-electron chi connectivity index (χ1n) is 9.80. The van der Waals surface area contributed by atoms with E-state index in [9.17, 15) is 14.4 Å². The zero-order valence-electron chi connectivity index (χ0n) is 16.8. The molecule has 29 heavy (non-hydrogen) atoms. The van der Waals surface area contributed by atoms with E-state index in [-0.39, 0.29) is 12.5 Å². The number of anilines is 2. The Bertz CT molecular complexity index is 893. The molecule has 154 valence electrons. The van der Waals surface area contributed by atoms with Crippen LogP contribution in [-0.4, -0.2) is 66.5 Å². The van der Waals surface area contributed by atoms with E-state index in [0.717, 1.165) is 52.5 Å². The molecule has 0 saturated carbocycles. The number of barbiturate groups is 1. The summed E-state index contributed by atoms with van der Waals surface area (Å²) in [5.41, 5.74) is 1.46. The fourth-order valence-electron chi connectivity index (χ4n) is 4.95. The van der Waals surface area contributed by atoms with Crippen LogP contribution in [0.2, 0.25) is 0 Å². The molecule has 0 unspecified atom stereocenters. The number of carbonyl (C=O) groups excluding carboxylic acids is 3. The van der Waals surface area contributed by atoms with Crippen molar-refractivity contribution in [2.45, 2.75) is 31.7 Å². The van der Waals surface area contributed by atoms with Gasteiger partial charge in [0, 0.05) is 39.1 Å². The van der Waals surface area contributed by atoms with Crippen LogP contribution in [0.4, 0.5) is 16.2 Å². The molecule has 0 radical (unpaired) electrons. The van der Waals surface area contributed by atoms with Crippen molar-refractivity contribution in [1.82, 2.24) is 15.1 Å². The van der Waals surface area contributed by atoms with Crippen molar-refractivity contribution in [2.75, 3.05) is 37.9 Å². The second kappa shape index (κ2) is 6.98. The normalized spacial score (nSPS) is 23.1. The summed E-state index contributed by atoms with van der Waals surface area (Å²) in [6.07, 6.45) is 2.97. The summed E-state index contributed by atoms with van der Waals surface area (Å²) < 4.78 is 0. The second-order valence-corrected chi connectivity index (χ2v) is 8.32. The molecule has 3 heterocycles. The van der Waals surface area contributed by atoms with E-state index >= 15 is 0 Å². The first-order valence-corrected chi connectivity index (χ1v) is 10.2. The molecule has 9 heteroatoms. The molecule has 4 amide bonds. The SMILES string of the molecule is CNC(=S)Nc1ccc2c(c1)CC1(C(=O)N(C)C(=O)N(C)C1=O)[C@H]1CCCCN21. The van der Waals surface area contributed by atoms with Crippen molar-refractivity contribution < 1.29 is 14.4 Å². The number of rotatable bonds is 1. The number of urea groups is 1. The molecule has 1 atom stereocenters. The first kappa shape index (κ1) is 19.6. The Kier molecular flexibility index (Phi) is 4.72. The molecule has 3 aliphatic heterocycles. The molecule has 3 aliphatic rings. The van der Waals surface area contributed by atoms with Crippen LogP contribution in [0.3, 0.4) is 0 Å². The maximum atomic E-state index is 13.4. The summed E-state index contributed by atoms with van der Waals surface area (Å²) >= 11 is 5.19. The number of hydrogen-bond acceptors (Lipinski definition) is 5. The Hall–Kier alpha value is -2.68. The van der Waals surface area contributed by atoms with Crippen molar-refractivity contribution in [3.8, 4) is 0 Å². The second-order valence-electron chi connectivity index (χ2n) is 7.91. The number of hydrogen-bond donors (Lipinski definition) is 2. The minimum Gasteiger partial charge on any atom is -0.367 e. The van der Waals surface area contributed by atoms with E-state index in [4.69, 9.17) is 12.2 Å². The van der Waals surface area contributed by atoms with Crippen molar-refractivity contribution in [1.29, 1.82) is 0 Å². The molecule has 1 spiro atoms. The molecule has 2 N–H and O–H groups in total. The van der Waals surface area contributed by atoms with E-state index < -0.39 is 23.3 Å². The van der Waals surface area contributed by atoms with Gasteiger partial charge >= 0.3 is 6.03 Å². The molecule has 2 saturated heterocycles. The topological polar surface area (TPSA) is 85.0 Å². The third-order valence-electron chi connectivity index (χ3n) is 6.36. The number of carbonyl (C=O) groups is 3. The van der Waals surface area contributed by atoms with Gasteiger partial charge in [-0.2, -0.15) is 0 Å². The summed E-state index contributed by atoms with van der Waals surface area (Å²) in [4.78, 5) is 43.6. The maximum absolute atomic E-state index is 13.4. The lowest BCUT2D eigenvalue weighted by molar-refractivity contribution is -0.159. The number of imide groups is 2. The zero-order chi connectivity index (χ0) is 20.9. The molecule has 1 aromatic rings. The summed E-state index contributed by atoms with van der Waals surface area (Å²) in [7, 11) is 4.66. The van der Waals surface area contributed by atoms with Gasteiger partial charge in [-0.3, -0.25) is 19.4 Å². The summed E-state index contributed by atoms with van der Waals surface area (Å²) in [5.74, 6) is -0.811. The van der Waals surface area contributed by atoms with Crippen LogP contribution < -0.4 is 15.5 Å². The molecular weight excluding hydrogens is 390 g/mol. The third-order valence-corrected chi connectivity index (χ3v) is 6.67. The van der Waals surface area contributed by atoms with Gasteiger partial charge in [-0.1, -0.05) is 0 Å². The van der Waals surface area contributed by atoms with E-state index in [1.165, 1.54) is 14.1 Å². The average molecular weight is 416 g/mol. The highest BCUT2D eigenvalue weighted by atomic mass is 32.1. The number of thiocarbonyl (C=S) groups is 1. The Morgan fingerprint density at radius 1 is 1.14 bits per heavy atom. The fraction of sp³-hybridized carbons (Fsp3) is 0.500. The van der Waals surface area contributed by atoms with Crippen LogP contribution in [0.15, 0.2) is 18.2 Å². The highest BCUT2D eigenvalue weighted by Crippen LogP contribution is 2.49.